The van der Waals surface area contributed by atoms with Gasteiger partial charge in [0.1, 0.15) is 5.69 Å². The molecular weight excluding hydrogens is 336 g/mol. The van der Waals surface area contributed by atoms with Gasteiger partial charge in [0.2, 0.25) is 0 Å². The van der Waals surface area contributed by atoms with Crippen molar-refractivity contribution in [2.75, 3.05) is 11.9 Å². The van der Waals surface area contributed by atoms with E-state index in [1.807, 2.05) is 0 Å². The molecule has 19 heavy (non-hydrogen) atoms. The van der Waals surface area contributed by atoms with Crippen molar-refractivity contribution in [1.82, 2.24) is 0 Å². The molecule has 0 heterocycles. The second kappa shape index (κ2) is 7.01. The first-order chi connectivity index (χ1) is 8.90. The summed E-state index contributed by atoms with van der Waals surface area (Å²) in [5, 5.41) is 13.8. The number of nitrogens with zero attached hydrogens (tertiary/aromatic N) is 1. The summed E-state index contributed by atoms with van der Waals surface area (Å²) >= 11 is 8.70. The summed E-state index contributed by atoms with van der Waals surface area (Å²) in [5.74, 6) is 0. The van der Waals surface area contributed by atoms with Crippen molar-refractivity contribution in [1.29, 1.82) is 0 Å². The predicted molar refractivity (Wildman–Crippen MR) is 79.7 cm³/mol. The van der Waals surface area contributed by atoms with Gasteiger partial charge in [-0.25, -0.2) is 0 Å². The second-order valence-electron chi connectivity index (χ2n) is 3.57. The molecule has 0 atom stereocenters. The average Bonchev–Trinajstić information content (AvgIpc) is 2.33. The molecule has 6 nitrogen and oxygen atoms in total. The van der Waals surface area contributed by atoms with Crippen LogP contribution in [0.5, 0.6) is 0 Å². The molecule has 1 rings (SSSR count). The van der Waals surface area contributed by atoms with Gasteiger partial charge in [-0.1, -0.05) is 27.5 Å². The maximum atomic E-state index is 10.9. The van der Waals surface area contributed by atoms with Gasteiger partial charge >= 0.3 is 0 Å². The molecule has 0 saturated carbocycles. The molecule has 0 radical (unpaired) electrons. The average molecular weight is 348 g/mol. The van der Waals surface area contributed by atoms with E-state index >= 15 is 0 Å². The van der Waals surface area contributed by atoms with Crippen LogP contribution < -0.4 is 16.8 Å². The van der Waals surface area contributed by atoms with E-state index in [1.165, 1.54) is 18.2 Å². The lowest BCUT2D eigenvalue weighted by molar-refractivity contribution is -0.384. The van der Waals surface area contributed by atoms with Gasteiger partial charge in [0, 0.05) is 16.2 Å². The zero-order valence-corrected chi connectivity index (χ0v) is 12.1. The maximum absolute atomic E-state index is 10.9. The number of nitro benzene ring substituents is 1. The number of halogens is 2. The minimum atomic E-state index is -0.467. The Morgan fingerprint density at radius 2 is 2.16 bits per heavy atom. The van der Waals surface area contributed by atoms with Crippen molar-refractivity contribution in [3.63, 3.8) is 0 Å². The van der Waals surface area contributed by atoms with E-state index in [2.05, 4.69) is 21.2 Å². The minimum absolute atomic E-state index is 0.0246. The fourth-order valence-corrected chi connectivity index (χ4v) is 1.68. The van der Waals surface area contributed by atoms with Gasteiger partial charge in [0.15, 0.2) is 0 Å². The summed E-state index contributed by atoms with van der Waals surface area (Å²) in [6.07, 6.45) is 2.97. The van der Waals surface area contributed by atoms with E-state index in [0.717, 1.165) is 4.47 Å². The number of nitro groups is 1. The third-order valence-electron chi connectivity index (χ3n) is 2.09. The summed E-state index contributed by atoms with van der Waals surface area (Å²) < 4.78 is 0.730. The molecule has 102 valence electrons. The van der Waals surface area contributed by atoms with Crippen LogP contribution in [-0.2, 0) is 0 Å². The zero-order valence-electron chi connectivity index (χ0n) is 9.77. The van der Waals surface area contributed by atoms with Crippen LogP contribution in [0.25, 0.3) is 0 Å². The monoisotopic (exact) mass is 346 g/mol. The number of hydrogen-bond acceptors (Lipinski definition) is 5. The lowest BCUT2D eigenvalue weighted by Gasteiger charge is -2.07. The lowest BCUT2D eigenvalue weighted by atomic mass is 10.2. The quantitative estimate of drug-likeness (QED) is 0.328. The van der Waals surface area contributed by atoms with Crippen molar-refractivity contribution in [2.24, 2.45) is 11.5 Å². The fraction of sp³-hybridized carbons (Fsp3) is 0.0909. The van der Waals surface area contributed by atoms with E-state index in [0.29, 0.717) is 11.4 Å². The smallest absolute Gasteiger partial charge is 0.292 e. The van der Waals surface area contributed by atoms with Gasteiger partial charge in [-0.15, -0.1) is 0 Å². The van der Waals surface area contributed by atoms with Gasteiger partial charge in [0.05, 0.1) is 16.6 Å². The van der Waals surface area contributed by atoms with Crippen LogP contribution in [0.15, 0.2) is 45.7 Å². The highest BCUT2D eigenvalue weighted by Gasteiger charge is 2.13. The van der Waals surface area contributed by atoms with Crippen molar-refractivity contribution < 1.29 is 4.92 Å². The van der Waals surface area contributed by atoms with E-state index in [1.54, 1.807) is 12.1 Å². The summed E-state index contributed by atoms with van der Waals surface area (Å²) in [5.41, 5.74) is 11.7. The third-order valence-corrected chi connectivity index (χ3v) is 2.71. The summed E-state index contributed by atoms with van der Waals surface area (Å²) in [6, 6.07) is 4.61. The topological polar surface area (TPSA) is 107 Å². The standard InChI is InChI=1S/C11H12BrClN4O2/c12-7-1-3-10(17(18)19)9(5-7)16-6-8(14)2-4-11(13)15/h1-5,16H,6,14-15H2/b8-2-,11-4-. The van der Waals surface area contributed by atoms with Crippen LogP contribution >= 0.6 is 27.5 Å². The maximum Gasteiger partial charge on any atom is 0.292 e. The van der Waals surface area contributed by atoms with E-state index in [4.69, 9.17) is 23.1 Å². The minimum Gasteiger partial charge on any atom is -0.401 e. The number of nitrogens with one attached hydrogen (secondary N) is 1. The summed E-state index contributed by atoms with van der Waals surface area (Å²) in [4.78, 5) is 10.4. The number of benzene rings is 1. The Morgan fingerprint density at radius 3 is 2.74 bits per heavy atom. The third kappa shape index (κ3) is 5.19. The van der Waals surface area contributed by atoms with Crippen LogP contribution in [-0.4, -0.2) is 11.5 Å². The number of anilines is 1. The van der Waals surface area contributed by atoms with Crippen molar-refractivity contribution in [2.45, 2.75) is 0 Å². The number of nitrogens with two attached hydrogens (primary N) is 2. The molecule has 0 aromatic heterocycles. The number of hydrogen-bond donors (Lipinski definition) is 3. The molecule has 0 aliphatic carbocycles. The van der Waals surface area contributed by atoms with Crippen LogP contribution in [0.1, 0.15) is 0 Å². The highest BCUT2D eigenvalue weighted by atomic mass is 79.9. The molecule has 1 aromatic carbocycles. The molecule has 1 aromatic rings. The highest BCUT2D eigenvalue weighted by Crippen LogP contribution is 2.27. The summed E-state index contributed by atoms with van der Waals surface area (Å²) in [7, 11) is 0. The van der Waals surface area contributed by atoms with Crippen LogP contribution in [0.2, 0.25) is 0 Å². The van der Waals surface area contributed by atoms with Crippen molar-refractivity contribution in [3.05, 3.63) is 55.8 Å². The number of rotatable bonds is 5. The first-order valence-electron chi connectivity index (χ1n) is 5.15. The molecule has 0 bridgehead atoms. The molecule has 0 unspecified atom stereocenters. The van der Waals surface area contributed by atoms with Gasteiger partial charge in [-0.2, -0.15) is 0 Å². The second-order valence-corrected chi connectivity index (χ2v) is 4.92. The van der Waals surface area contributed by atoms with Gasteiger partial charge in [-0.05, 0) is 24.3 Å². The first kappa shape index (κ1) is 15.3. The van der Waals surface area contributed by atoms with Crippen LogP contribution in [0.4, 0.5) is 11.4 Å². The van der Waals surface area contributed by atoms with Crippen LogP contribution in [0, 0.1) is 10.1 Å². The molecule has 8 heteroatoms. The van der Waals surface area contributed by atoms with Crippen molar-refractivity contribution in [3.8, 4) is 0 Å². The number of allylic oxidation sites excluding steroid dienone is 2. The molecular formula is C11H12BrClN4O2. The highest BCUT2D eigenvalue weighted by molar-refractivity contribution is 9.10. The Morgan fingerprint density at radius 1 is 1.47 bits per heavy atom. The van der Waals surface area contributed by atoms with E-state index < -0.39 is 4.92 Å². The molecule has 0 aliphatic heterocycles. The normalized spacial score (nSPS) is 12.3. The molecule has 0 aliphatic rings. The van der Waals surface area contributed by atoms with Crippen molar-refractivity contribution >= 4 is 38.9 Å². The molecule has 5 N–H and O–H groups in total. The molecule has 0 saturated heterocycles. The van der Waals surface area contributed by atoms with E-state index in [9.17, 15) is 10.1 Å². The van der Waals surface area contributed by atoms with E-state index in [-0.39, 0.29) is 17.4 Å². The Labute approximate surface area is 123 Å². The van der Waals surface area contributed by atoms with Gasteiger partial charge in [0.25, 0.3) is 5.69 Å². The Balaban J connectivity index is 2.83. The Kier molecular flexibility index (Phi) is 5.65. The fourth-order valence-electron chi connectivity index (χ4n) is 1.25. The zero-order chi connectivity index (χ0) is 14.4. The molecule has 0 spiro atoms. The Hall–Kier alpha value is -1.73. The SMILES string of the molecule is N/C(=C\C=C(/N)Cl)CNc1cc(Br)ccc1[N+](=O)[O-]. The molecule has 0 fully saturated rings. The first-order valence-corrected chi connectivity index (χ1v) is 6.32. The Bertz CT molecular complexity index is 541. The summed E-state index contributed by atoms with van der Waals surface area (Å²) in [6.45, 7) is 0.234. The van der Waals surface area contributed by atoms with Gasteiger partial charge < -0.3 is 16.8 Å². The largest absolute Gasteiger partial charge is 0.401 e. The lowest BCUT2D eigenvalue weighted by Crippen LogP contribution is -2.12. The van der Waals surface area contributed by atoms with Gasteiger partial charge in [-0.3, -0.25) is 10.1 Å². The predicted octanol–water partition coefficient (Wildman–Crippen LogP) is 2.65. The molecule has 0 amide bonds. The van der Waals surface area contributed by atoms with Crippen LogP contribution in [0.3, 0.4) is 0 Å².